The first-order chi connectivity index (χ1) is 11.6. The van der Waals surface area contributed by atoms with Crippen molar-refractivity contribution in [1.82, 2.24) is 9.88 Å². The summed E-state index contributed by atoms with van der Waals surface area (Å²) in [6.45, 7) is 1.86. The van der Waals surface area contributed by atoms with Crippen LogP contribution < -0.4 is 4.90 Å². The third-order valence-electron chi connectivity index (χ3n) is 3.94. The fraction of sp³-hybridized carbons (Fsp3) is 0.235. The minimum absolute atomic E-state index is 0.123. The number of hydrogen-bond acceptors (Lipinski definition) is 4. The lowest BCUT2D eigenvalue weighted by Gasteiger charge is -2.35. The number of benzene rings is 1. The number of nitriles is 1. The van der Waals surface area contributed by atoms with Crippen LogP contribution in [0.4, 0.5) is 14.6 Å². The van der Waals surface area contributed by atoms with Crippen molar-refractivity contribution in [2.45, 2.75) is 0 Å². The van der Waals surface area contributed by atoms with Crippen LogP contribution in [-0.4, -0.2) is 42.0 Å². The Morgan fingerprint density at radius 1 is 1.12 bits per heavy atom. The van der Waals surface area contributed by atoms with Crippen LogP contribution in [0, 0.1) is 23.0 Å². The van der Waals surface area contributed by atoms with E-state index in [0.29, 0.717) is 37.6 Å². The van der Waals surface area contributed by atoms with Crippen molar-refractivity contribution < 1.29 is 13.6 Å². The second kappa shape index (κ2) is 6.62. The maximum Gasteiger partial charge on any atom is 0.254 e. The molecular weight excluding hydrogens is 314 g/mol. The zero-order valence-electron chi connectivity index (χ0n) is 12.7. The van der Waals surface area contributed by atoms with E-state index >= 15 is 0 Å². The highest BCUT2D eigenvalue weighted by atomic mass is 19.2. The molecule has 1 aliphatic heterocycles. The number of carbonyl (C=O) groups is 1. The van der Waals surface area contributed by atoms with E-state index in [9.17, 15) is 13.6 Å². The van der Waals surface area contributed by atoms with E-state index < -0.39 is 11.6 Å². The lowest BCUT2D eigenvalue weighted by Crippen LogP contribution is -2.49. The zero-order valence-corrected chi connectivity index (χ0v) is 12.7. The van der Waals surface area contributed by atoms with E-state index in [2.05, 4.69) is 11.1 Å². The molecule has 0 N–H and O–H groups in total. The van der Waals surface area contributed by atoms with Gasteiger partial charge in [0, 0.05) is 37.9 Å². The van der Waals surface area contributed by atoms with Gasteiger partial charge in [-0.05, 0) is 30.3 Å². The Kier molecular flexibility index (Phi) is 4.38. The molecule has 2 heterocycles. The van der Waals surface area contributed by atoms with Crippen LogP contribution in [0.25, 0.3) is 0 Å². The number of halogens is 2. The highest BCUT2D eigenvalue weighted by molar-refractivity contribution is 5.94. The van der Waals surface area contributed by atoms with Gasteiger partial charge in [0.05, 0.1) is 5.56 Å². The normalized spacial score (nSPS) is 14.4. The van der Waals surface area contributed by atoms with Crippen molar-refractivity contribution in [2.24, 2.45) is 0 Å². The molecule has 0 radical (unpaired) electrons. The second-order valence-electron chi connectivity index (χ2n) is 5.39. The average molecular weight is 328 g/mol. The Bertz CT molecular complexity index is 810. The summed E-state index contributed by atoms with van der Waals surface area (Å²) in [6, 6.07) is 8.64. The molecule has 2 aromatic rings. The van der Waals surface area contributed by atoms with Gasteiger partial charge in [-0.2, -0.15) is 5.26 Å². The van der Waals surface area contributed by atoms with Crippen LogP contribution >= 0.6 is 0 Å². The molecule has 1 aliphatic rings. The minimum Gasteiger partial charge on any atom is -0.352 e. The molecule has 1 aromatic carbocycles. The first-order valence-corrected chi connectivity index (χ1v) is 7.44. The molecule has 1 saturated heterocycles. The van der Waals surface area contributed by atoms with Crippen LogP contribution in [0.2, 0.25) is 0 Å². The summed E-state index contributed by atoms with van der Waals surface area (Å²) in [4.78, 5) is 20.1. The van der Waals surface area contributed by atoms with Crippen LogP contribution in [0.1, 0.15) is 15.9 Å². The number of hydrogen-bond donors (Lipinski definition) is 0. The fourth-order valence-corrected chi connectivity index (χ4v) is 2.67. The highest BCUT2D eigenvalue weighted by Crippen LogP contribution is 2.19. The molecule has 3 rings (SSSR count). The lowest BCUT2D eigenvalue weighted by molar-refractivity contribution is 0.0746. The van der Waals surface area contributed by atoms with Crippen LogP contribution in [-0.2, 0) is 0 Å². The number of aromatic nitrogens is 1. The van der Waals surface area contributed by atoms with E-state index in [-0.39, 0.29) is 11.5 Å². The van der Waals surface area contributed by atoms with Gasteiger partial charge in [0.15, 0.2) is 11.6 Å². The number of pyridine rings is 1. The molecular formula is C17H14F2N4O. The Balaban J connectivity index is 1.69. The van der Waals surface area contributed by atoms with Gasteiger partial charge in [0.25, 0.3) is 5.91 Å². The molecule has 0 bridgehead atoms. The predicted octanol–water partition coefficient (Wildman–Crippen LogP) is 2.19. The largest absolute Gasteiger partial charge is 0.352 e. The van der Waals surface area contributed by atoms with Gasteiger partial charge in [0.1, 0.15) is 11.9 Å². The molecule has 24 heavy (non-hydrogen) atoms. The second-order valence-corrected chi connectivity index (χ2v) is 5.39. The Morgan fingerprint density at radius 3 is 2.54 bits per heavy atom. The number of nitrogens with zero attached hydrogens (tertiary/aromatic N) is 4. The van der Waals surface area contributed by atoms with Gasteiger partial charge in [0.2, 0.25) is 0 Å². The molecule has 7 heteroatoms. The van der Waals surface area contributed by atoms with E-state index in [0.717, 1.165) is 12.1 Å². The maximum absolute atomic E-state index is 13.3. The summed E-state index contributed by atoms with van der Waals surface area (Å²) in [6.07, 6.45) is 1.62. The molecule has 5 nitrogen and oxygen atoms in total. The lowest BCUT2D eigenvalue weighted by atomic mass is 10.1. The van der Waals surface area contributed by atoms with Gasteiger partial charge in [-0.3, -0.25) is 4.79 Å². The topological polar surface area (TPSA) is 60.2 Å². The number of carbonyl (C=O) groups excluding carboxylic acids is 1. The summed E-state index contributed by atoms with van der Waals surface area (Å²) < 4.78 is 26.3. The Morgan fingerprint density at radius 2 is 1.88 bits per heavy atom. The van der Waals surface area contributed by atoms with Gasteiger partial charge in [-0.15, -0.1) is 0 Å². The molecule has 1 amide bonds. The standard InChI is InChI=1S/C17H14F2N4O/c18-14-4-3-12(10-15(14)19)17(24)23-8-6-22(7-9-23)16-13(11-20)2-1-5-21-16/h1-5,10H,6-9H2. The monoisotopic (exact) mass is 328 g/mol. The van der Waals surface area contributed by atoms with Crippen molar-refractivity contribution in [2.75, 3.05) is 31.1 Å². The molecule has 1 aromatic heterocycles. The summed E-state index contributed by atoms with van der Waals surface area (Å²) in [5.74, 6) is -1.75. The summed E-state index contributed by atoms with van der Waals surface area (Å²) in [5.41, 5.74) is 0.607. The zero-order chi connectivity index (χ0) is 17.1. The van der Waals surface area contributed by atoms with Gasteiger partial charge in [-0.1, -0.05) is 0 Å². The summed E-state index contributed by atoms with van der Waals surface area (Å²) in [7, 11) is 0. The predicted molar refractivity (Wildman–Crippen MR) is 83.4 cm³/mol. The number of amides is 1. The van der Waals surface area contributed by atoms with Crippen molar-refractivity contribution in [3.05, 3.63) is 59.3 Å². The van der Waals surface area contributed by atoms with Crippen LogP contribution in [0.5, 0.6) is 0 Å². The Labute approximate surface area is 137 Å². The van der Waals surface area contributed by atoms with Crippen molar-refractivity contribution >= 4 is 11.7 Å². The molecule has 1 fully saturated rings. The maximum atomic E-state index is 13.3. The van der Waals surface area contributed by atoms with Gasteiger partial charge >= 0.3 is 0 Å². The van der Waals surface area contributed by atoms with E-state index in [1.54, 1.807) is 23.2 Å². The smallest absolute Gasteiger partial charge is 0.254 e. The van der Waals surface area contributed by atoms with E-state index in [4.69, 9.17) is 5.26 Å². The van der Waals surface area contributed by atoms with E-state index in [1.165, 1.54) is 6.07 Å². The van der Waals surface area contributed by atoms with Crippen molar-refractivity contribution in [3.63, 3.8) is 0 Å². The molecule has 0 saturated carbocycles. The Hall–Kier alpha value is -3.01. The molecule has 0 aliphatic carbocycles. The third kappa shape index (κ3) is 3.04. The van der Waals surface area contributed by atoms with Gasteiger partial charge in [-0.25, -0.2) is 13.8 Å². The molecule has 122 valence electrons. The quantitative estimate of drug-likeness (QED) is 0.848. The molecule has 0 spiro atoms. The SMILES string of the molecule is N#Cc1cccnc1N1CCN(C(=O)c2ccc(F)c(F)c2)CC1. The van der Waals surface area contributed by atoms with Crippen LogP contribution in [0.15, 0.2) is 36.5 Å². The minimum atomic E-state index is -1.04. The highest BCUT2D eigenvalue weighted by Gasteiger charge is 2.24. The first-order valence-electron chi connectivity index (χ1n) is 7.44. The van der Waals surface area contributed by atoms with Crippen molar-refractivity contribution in [1.29, 1.82) is 5.26 Å². The number of rotatable bonds is 2. The molecule has 0 atom stereocenters. The first kappa shape index (κ1) is 15.9. The van der Waals surface area contributed by atoms with Crippen molar-refractivity contribution in [3.8, 4) is 6.07 Å². The number of anilines is 1. The molecule has 0 unspecified atom stereocenters. The summed E-state index contributed by atoms with van der Waals surface area (Å²) >= 11 is 0. The number of piperazine rings is 1. The summed E-state index contributed by atoms with van der Waals surface area (Å²) in [5, 5.41) is 9.14. The fourth-order valence-electron chi connectivity index (χ4n) is 2.67. The van der Waals surface area contributed by atoms with Gasteiger partial charge < -0.3 is 9.80 Å². The third-order valence-corrected chi connectivity index (χ3v) is 3.94. The average Bonchev–Trinajstić information content (AvgIpc) is 2.63. The van der Waals surface area contributed by atoms with E-state index in [1.807, 2.05) is 4.90 Å². The van der Waals surface area contributed by atoms with Crippen LogP contribution in [0.3, 0.4) is 0 Å².